The molecule has 0 bridgehead atoms. The summed E-state index contributed by atoms with van der Waals surface area (Å²) in [5, 5.41) is 2.68. The fraction of sp³-hybridized carbons (Fsp3) is 0.308. The third kappa shape index (κ3) is 4.06. The van der Waals surface area contributed by atoms with Crippen LogP contribution in [0, 0.1) is 0 Å². The van der Waals surface area contributed by atoms with E-state index < -0.39 is 0 Å². The topological polar surface area (TPSA) is 56.8 Å². The smallest absolute Gasteiger partial charge is 0.243 e. The number of carbonyl (C=O) groups excluding carboxylic acids is 1. The molecular weight excluding hydrogens is 270 g/mol. The first-order chi connectivity index (χ1) is 8.67. The van der Waals surface area contributed by atoms with Crippen molar-refractivity contribution in [3.8, 4) is 17.2 Å². The number of benzene rings is 1. The van der Waals surface area contributed by atoms with E-state index in [1.807, 2.05) is 6.07 Å². The molecule has 0 saturated carbocycles. The van der Waals surface area contributed by atoms with E-state index in [1.54, 1.807) is 13.2 Å². The molecule has 0 aliphatic carbocycles. The molecule has 0 aromatic heterocycles. The highest BCUT2D eigenvalue weighted by Gasteiger charge is 2.15. The number of methoxy groups -OCH3 is 3. The number of carbonyl (C=O) groups is 1. The second kappa shape index (κ2) is 8.26. The van der Waals surface area contributed by atoms with Gasteiger partial charge in [0.05, 0.1) is 21.3 Å². The van der Waals surface area contributed by atoms with Crippen LogP contribution in [0.4, 0.5) is 0 Å². The molecule has 19 heavy (non-hydrogen) atoms. The van der Waals surface area contributed by atoms with Gasteiger partial charge in [0.2, 0.25) is 11.7 Å². The van der Waals surface area contributed by atoms with Gasteiger partial charge in [-0.3, -0.25) is 4.79 Å². The van der Waals surface area contributed by atoms with Crippen LogP contribution in [0.1, 0.15) is 5.56 Å². The van der Waals surface area contributed by atoms with Crippen LogP contribution >= 0.6 is 12.4 Å². The van der Waals surface area contributed by atoms with Crippen molar-refractivity contribution in [2.45, 2.75) is 6.54 Å². The summed E-state index contributed by atoms with van der Waals surface area (Å²) in [4.78, 5) is 11.1. The van der Waals surface area contributed by atoms with Gasteiger partial charge in [-0.15, -0.1) is 12.4 Å². The van der Waals surface area contributed by atoms with E-state index in [9.17, 15) is 4.79 Å². The Kier molecular flexibility index (Phi) is 7.44. The molecule has 0 heterocycles. The molecule has 0 aliphatic rings. The maximum atomic E-state index is 11.1. The van der Waals surface area contributed by atoms with E-state index >= 15 is 0 Å². The van der Waals surface area contributed by atoms with Gasteiger partial charge in [0.1, 0.15) is 0 Å². The van der Waals surface area contributed by atoms with Crippen molar-refractivity contribution in [3.05, 3.63) is 30.4 Å². The van der Waals surface area contributed by atoms with Crippen LogP contribution in [-0.4, -0.2) is 27.2 Å². The second-order valence-corrected chi connectivity index (χ2v) is 3.42. The SMILES string of the molecule is C=CC(=O)NCc1ccc(OC)c(OC)c1OC.Cl. The maximum absolute atomic E-state index is 11.1. The zero-order valence-corrected chi connectivity index (χ0v) is 12.0. The van der Waals surface area contributed by atoms with Crippen molar-refractivity contribution in [2.24, 2.45) is 0 Å². The average molecular weight is 288 g/mol. The van der Waals surface area contributed by atoms with E-state index in [0.29, 0.717) is 23.8 Å². The zero-order chi connectivity index (χ0) is 13.5. The molecule has 0 fully saturated rings. The first-order valence-electron chi connectivity index (χ1n) is 5.36. The fourth-order valence-corrected chi connectivity index (χ4v) is 1.56. The molecule has 6 heteroatoms. The molecule has 1 amide bonds. The van der Waals surface area contributed by atoms with E-state index in [1.165, 1.54) is 20.3 Å². The van der Waals surface area contributed by atoms with Crippen molar-refractivity contribution < 1.29 is 19.0 Å². The molecule has 106 valence electrons. The lowest BCUT2D eigenvalue weighted by Gasteiger charge is -2.15. The van der Waals surface area contributed by atoms with Crippen LogP contribution in [0.5, 0.6) is 17.2 Å². The van der Waals surface area contributed by atoms with Gasteiger partial charge >= 0.3 is 0 Å². The van der Waals surface area contributed by atoms with Crippen LogP contribution in [-0.2, 0) is 11.3 Å². The molecule has 0 aliphatic heterocycles. The number of amides is 1. The minimum atomic E-state index is -0.244. The predicted octanol–water partition coefficient (Wildman–Crippen LogP) is 1.94. The molecule has 0 spiro atoms. The maximum Gasteiger partial charge on any atom is 0.243 e. The first kappa shape index (κ1) is 17.1. The molecular formula is C13H18ClNO4. The second-order valence-electron chi connectivity index (χ2n) is 3.42. The Morgan fingerprint density at radius 1 is 1.21 bits per heavy atom. The number of hydrogen-bond acceptors (Lipinski definition) is 4. The van der Waals surface area contributed by atoms with Crippen molar-refractivity contribution in [3.63, 3.8) is 0 Å². The number of nitrogens with one attached hydrogen (secondary N) is 1. The minimum absolute atomic E-state index is 0. The summed E-state index contributed by atoms with van der Waals surface area (Å²) >= 11 is 0. The van der Waals surface area contributed by atoms with Crippen LogP contribution < -0.4 is 19.5 Å². The van der Waals surface area contributed by atoms with Gasteiger partial charge in [0.25, 0.3) is 0 Å². The average Bonchev–Trinajstić information content (AvgIpc) is 2.43. The van der Waals surface area contributed by atoms with Gasteiger partial charge in [0, 0.05) is 12.1 Å². The Labute approximate surface area is 119 Å². The molecule has 1 N–H and O–H groups in total. The zero-order valence-electron chi connectivity index (χ0n) is 11.2. The number of halogens is 1. The van der Waals surface area contributed by atoms with Gasteiger partial charge in [-0.1, -0.05) is 6.58 Å². The summed E-state index contributed by atoms with van der Waals surface area (Å²) < 4.78 is 15.7. The molecule has 0 saturated heterocycles. The summed E-state index contributed by atoms with van der Waals surface area (Å²) in [6, 6.07) is 3.57. The van der Waals surface area contributed by atoms with Crippen molar-refractivity contribution in [1.82, 2.24) is 5.32 Å². The van der Waals surface area contributed by atoms with E-state index in [2.05, 4.69) is 11.9 Å². The molecule has 5 nitrogen and oxygen atoms in total. The summed E-state index contributed by atoms with van der Waals surface area (Å²) in [6.45, 7) is 3.72. The van der Waals surface area contributed by atoms with Gasteiger partial charge in [-0.2, -0.15) is 0 Å². The predicted molar refractivity (Wildman–Crippen MR) is 75.4 cm³/mol. The highest BCUT2D eigenvalue weighted by atomic mass is 35.5. The Hall–Kier alpha value is -1.88. The van der Waals surface area contributed by atoms with Crippen molar-refractivity contribution in [2.75, 3.05) is 21.3 Å². The van der Waals surface area contributed by atoms with Crippen LogP contribution in [0.15, 0.2) is 24.8 Å². The van der Waals surface area contributed by atoms with E-state index in [0.717, 1.165) is 5.56 Å². The summed E-state index contributed by atoms with van der Waals surface area (Å²) in [7, 11) is 4.62. The molecule has 0 atom stereocenters. The highest BCUT2D eigenvalue weighted by Crippen LogP contribution is 2.39. The molecule has 1 aromatic rings. The lowest BCUT2D eigenvalue weighted by Crippen LogP contribution is -2.20. The monoisotopic (exact) mass is 287 g/mol. The van der Waals surface area contributed by atoms with Gasteiger partial charge in [-0.05, 0) is 18.2 Å². The lowest BCUT2D eigenvalue weighted by molar-refractivity contribution is -0.116. The summed E-state index contributed by atoms with van der Waals surface area (Å²) in [6.07, 6.45) is 1.22. The van der Waals surface area contributed by atoms with Gasteiger partial charge in [-0.25, -0.2) is 0 Å². The molecule has 0 unspecified atom stereocenters. The molecule has 1 rings (SSSR count). The Bertz CT molecular complexity index is 449. The van der Waals surface area contributed by atoms with Crippen LogP contribution in [0.2, 0.25) is 0 Å². The minimum Gasteiger partial charge on any atom is -0.493 e. The quantitative estimate of drug-likeness (QED) is 0.813. The van der Waals surface area contributed by atoms with Gasteiger partial charge < -0.3 is 19.5 Å². The summed E-state index contributed by atoms with van der Waals surface area (Å²) in [5.41, 5.74) is 0.797. The first-order valence-corrected chi connectivity index (χ1v) is 5.36. The normalized spacial score (nSPS) is 9.00. The summed E-state index contributed by atoms with van der Waals surface area (Å²) in [5.74, 6) is 1.38. The van der Waals surface area contributed by atoms with E-state index in [-0.39, 0.29) is 18.3 Å². The fourth-order valence-electron chi connectivity index (χ4n) is 1.56. The Balaban J connectivity index is 0.00000324. The lowest BCUT2D eigenvalue weighted by atomic mass is 10.1. The highest BCUT2D eigenvalue weighted by molar-refractivity contribution is 5.86. The van der Waals surface area contributed by atoms with Crippen molar-refractivity contribution >= 4 is 18.3 Å². The Morgan fingerprint density at radius 2 is 1.84 bits per heavy atom. The van der Waals surface area contributed by atoms with E-state index in [4.69, 9.17) is 14.2 Å². The number of hydrogen-bond donors (Lipinski definition) is 1. The largest absolute Gasteiger partial charge is 0.493 e. The van der Waals surface area contributed by atoms with Crippen LogP contribution in [0.25, 0.3) is 0 Å². The molecule has 0 radical (unpaired) electrons. The Morgan fingerprint density at radius 3 is 2.32 bits per heavy atom. The number of rotatable bonds is 6. The van der Waals surface area contributed by atoms with Gasteiger partial charge in [0.15, 0.2) is 11.5 Å². The third-order valence-electron chi connectivity index (χ3n) is 2.42. The van der Waals surface area contributed by atoms with Crippen LogP contribution in [0.3, 0.4) is 0 Å². The third-order valence-corrected chi connectivity index (χ3v) is 2.42. The number of ether oxygens (including phenoxy) is 3. The molecule has 1 aromatic carbocycles. The standard InChI is InChI=1S/C13H17NO4.ClH/c1-5-11(15)14-8-9-6-7-10(16-2)13(18-4)12(9)17-3;/h5-7H,1,8H2,2-4H3,(H,14,15);1H. The van der Waals surface area contributed by atoms with Crippen molar-refractivity contribution in [1.29, 1.82) is 0 Å².